The zero-order chi connectivity index (χ0) is 23.1. The van der Waals surface area contributed by atoms with Crippen LogP contribution in [0.15, 0.2) is 11.0 Å². The maximum absolute atomic E-state index is 12.5. The molecule has 9 nitrogen and oxygen atoms in total. The molecule has 2 rings (SSSR count). The van der Waals surface area contributed by atoms with Gasteiger partial charge in [-0.1, -0.05) is 20.8 Å². The summed E-state index contributed by atoms with van der Waals surface area (Å²) in [5, 5.41) is 0. The van der Waals surface area contributed by atoms with Crippen LogP contribution in [0.3, 0.4) is 0 Å². The highest BCUT2D eigenvalue weighted by molar-refractivity contribution is 8.07. The molecule has 1 aliphatic rings. The third kappa shape index (κ3) is 6.56. The Morgan fingerprint density at radius 2 is 1.90 bits per heavy atom. The van der Waals surface area contributed by atoms with Gasteiger partial charge in [-0.3, -0.25) is 9.09 Å². The molecule has 0 saturated carbocycles. The number of ether oxygens (including phenoxy) is 2. The molecule has 30 heavy (non-hydrogen) atoms. The first kappa shape index (κ1) is 25.4. The summed E-state index contributed by atoms with van der Waals surface area (Å²) in [6.45, 7) is 9.66. The monoisotopic (exact) mass is 463 g/mol. The fraction of sp³-hybridized carbons (Fsp3) is 0.789. The molecule has 3 N–H and O–H groups in total. The molecule has 5 atom stereocenters. The van der Waals surface area contributed by atoms with Gasteiger partial charge in [0.15, 0.2) is 6.23 Å². The van der Waals surface area contributed by atoms with Crippen LogP contribution in [0.2, 0.25) is 0 Å². The maximum atomic E-state index is 12.5. The molecule has 1 aliphatic heterocycles. The number of nitrogens with zero attached hydrogens (tertiary/aromatic N) is 2. The topological polar surface area (TPSA) is 118 Å². The Hall–Kier alpha value is -0.870. The summed E-state index contributed by atoms with van der Waals surface area (Å²) in [7, 11) is 1.49. The summed E-state index contributed by atoms with van der Waals surface area (Å²) in [5.41, 5.74) is 5.01. The predicted molar refractivity (Wildman–Crippen MR) is 119 cm³/mol. The summed E-state index contributed by atoms with van der Waals surface area (Å²) in [6, 6.07) is 0. The van der Waals surface area contributed by atoms with Gasteiger partial charge in [0.1, 0.15) is 18.0 Å². The van der Waals surface area contributed by atoms with Gasteiger partial charge >= 0.3 is 12.4 Å². The standard InChI is InChI=1S/C19H34N3O6PS/c1-11-10-22(17(23)21-15(11)20)16-14(25-8)13(12(26-16)9-18(2,3)4)27-29(24,30)28-19(5,6)7/h10,12-14,16H,9H2,1-8H3,(H,24,30)(H2,20,21,23)/t12-,13?,14+,16-,29?/m1/s1. The van der Waals surface area contributed by atoms with Crippen molar-refractivity contribution in [3.63, 3.8) is 0 Å². The number of nitrogen functional groups attached to an aromatic ring is 1. The molecule has 2 heterocycles. The van der Waals surface area contributed by atoms with Crippen molar-refractivity contribution in [2.45, 2.75) is 85.0 Å². The lowest BCUT2D eigenvalue weighted by Crippen LogP contribution is -2.39. The first-order valence-electron chi connectivity index (χ1n) is 9.78. The SMILES string of the molecule is CO[C@H]1C(OP(O)(=S)OC(C)(C)C)[C@@H](CC(C)(C)C)O[C@H]1n1cc(C)c(N)nc1=O. The minimum Gasteiger partial charge on any atom is -0.383 e. The molecule has 1 fully saturated rings. The van der Waals surface area contributed by atoms with Gasteiger partial charge in [0.25, 0.3) is 0 Å². The minimum atomic E-state index is -3.61. The van der Waals surface area contributed by atoms with Crippen LogP contribution in [0.5, 0.6) is 0 Å². The second-order valence-corrected chi connectivity index (χ2v) is 12.5. The molecule has 1 saturated heterocycles. The second-order valence-electron chi connectivity index (χ2n) is 9.77. The van der Waals surface area contributed by atoms with Crippen molar-refractivity contribution in [3.8, 4) is 0 Å². The van der Waals surface area contributed by atoms with Crippen LogP contribution in [0.25, 0.3) is 0 Å². The van der Waals surface area contributed by atoms with E-state index >= 15 is 0 Å². The summed E-state index contributed by atoms with van der Waals surface area (Å²) in [6.07, 6.45) is -0.632. The highest BCUT2D eigenvalue weighted by Gasteiger charge is 2.50. The highest BCUT2D eigenvalue weighted by Crippen LogP contribution is 2.52. The van der Waals surface area contributed by atoms with Gasteiger partial charge in [-0.2, -0.15) is 4.98 Å². The Labute approximate surface area is 183 Å². The Morgan fingerprint density at radius 3 is 2.40 bits per heavy atom. The number of hydrogen-bond donors (Lipinski definition) is 2. The van der Waals surface area contributed by atoms with Gasteiger partial charge < -0.3 is 24.6 Å². The van der Waals surface area contributed by atoms with E-state index in [1.807, 2.05) is 0 Å². The van der Waals surface area contributed by atoms with E-state index in [0.29, 0.717) is 12.0 Å². The smallest absolute Gasteiger partial charge is 0.351 e. The van der Waals surface area contributed by atoms with E-state index in [2.05, 4.69) is 25.8 Å². The van der Waals surface area contributed by atoms with Crippen LogP contribution >= 0.6 is 6.72 Å². The van der Waals surface area contributed by atoms with Crippen molar-refractivity contribution < 1.29 is 23.4 Å². The fourth-order valence-corrected chi connectivity index (χ4v) is 5.63. The van der Waals surface area contributed by atoms with Crippen molar-refractivity contribution in [2.75, 3.05) is 12.8 Å². The Balaban J connectivity index is 2.45. The average Bonchev–Trinajstić information content (AvgIpc) is 2.83. The van der Waals surface area contributed by atoms with E-state index < -0.39 is 42.5 Å². The molecule has 0 spiro atoms. The van der Waals surface area contributed by atoms with Crippen LogP contribution < -0.4 is 11.4 Å². The molecule has 1 aromatic rings. The molecule has 11 heteroatoms. The summed E-state index contributed by atoms with van der Waals surface area (Å²) < 4.78 is 24.8. The largest absolute Gasteiger partial charge is 0.383 e. The quantitative estimate of drug-likeness (QED) is 0.614. The van der Waals surface area contributed by atoms with Gasteiger partial charge in [-0.05, 0) is 51.3 Å². The lowest BCUT2D eigenvalue weighted by molar-refractivity contribution is -0.0593. The fourth-order valence-electron chi connectivity index (χ4n) is 3.36. The summed E-state index contributed by atoms with van der Waals surface area (Å²) >= 11 is 5.26. The second kappa shape index (κ2) is 8.94. The molecule has 1 aromatic heterocycles. The number of hydrogen-bond acceptors (Lipinski definition) is 8. The van der Waals surface area contributed by atoms with Gasteiger partial charge in [0, 0.05) is 18.9 Å². The summed E-state index contributed by atoms with van der Waals surface area (Å²) in [5.74, 6) is 0.159. The Morgan fingerprint density at radius 1 is 1.30 bits per heavy atom. The number of rotatable bonds is 6. The third-order valence-electron chi connectivity index (χ3n) is 4.46. The van der Waals surface area contributed by atoms with Crippen molar-refractivity contribution in [1.29, 1.82) is 0 Å². The molecular weight excluding hydrogens is 429 g/mol. The van der Waals surface area contributed by atoms with Gasteiger partial charge in [0.2, 0.25) is 0 Å². The molecular formula is C19H34N3O6PS. The predicted octanol–water partition coefficient (Wildman–Crippen LogP) is 2.90. The van der Waals surface area contributed by atoms with Crippen molar-refractivity contribution in [3.05, 3.63) is 22.2 Å². The maximum Gasteiger partial charge on any atom is 0.351 e. The number of nitrogens with two attached hydrogens (primary N) is 1. The number of aryl methyl sites for hydroxylation is 1. The third-order valence-corrected chi connectivity index (χ3v) is 6.23. The Kier molecular flexibility index (Phi) is 7.56. The van der Waals surface area contributed by atoms with Gasteiger partial charge in [0.05, 0.1) is 11.7 Å². The Bertz CT molecular complexity index is 863. The number of anilines is 1. The molecule has 172 valence electrons. The van der Waals surface area contributed by atoms with E-state index in [0.717, 1.165) is 0 Å². The van der Waals surface area contributed by atoms with Crippen molar-refractivity contribution in [1.82, 2.24) is 9.55 Å². The van der Waals surface area contributed by atoms with E-state index in [9.17, 15) is 9.69 Å². The van der Waals surface area contributed by atoms with Crippen LogP contribution in [0.1, 0.15) is 59.8 Å². The minimum absolute atomic E-state index is 0.122. The molecule has 0 aromatic carbocycles. The average molecular weight is 464 g/mol. The zero-order valence-electron chi connectivity index (χ0n) is 18.9. The van der Waals surface area contributed by atoms with Crippen LogP contribution in [0, 0.1) is 12.3 Å². The number of aromatic nitrogens is 2. The van der Waals surface area contributed by atoms with Crippen molar-refractivity contribution in [2.24, 2.45) is 5.41 Å². The van der Waals surface area contributed by atoms with Gasteiger partial charge in [-0.25, -0.2) is 4.79 Å². The molecule has 0 bridgehead atoms. The van der Waals surface area contributed by atoms with Crippen molar-refractivity contribution >= 4 is 24.3 Å². The molecule has 0 aliphatic carbocycles. The van der Waals surface area contributed by atoms with Gasteiger partial charge in [-0.15, -0.1) is 0 Å². The van der Waals surface area contributed by atoms with Crippen LogP contribution in [-0.2, 0) is 30.3 Å². The number of methoxy groups -OCH3 is 1. The van der Waals surface area contributed by atoms with E-state index in [-0.39, 0.29) is 11.2 Å². The van der Waals surface area contributed by atoms with Crippen LogP contribution in [-0.4, -0.2) is 45.5 Å². The first-order valence-corrected chi connectivity index (χ1v) is 12.4. The zero-order valence-corrected chi connectivity index (χ0v) is 20.6. The van der Waals surface area contributed by atoms with E-state index in [1.54, 1.807) is 33.9 Å². The highest BCUT2D eigenvalue weighted by atomic mass is 32.5. The molecule has 0 radical (unpaired) electrons. The van der Waals surface area contributed by atoms with E-state index in [4.69, 9.17) is 36.1 Å². The lowest BCUT2D eigenvalue weighted by Gasteiger charge is -2.32. The first-order chi connectivity index (χ1) is 13.5. The molecule has 0 amide bonds. The lowest BCUT2D eigenvalue weighted by atomic mass is 9.87. The summed E-state index contributed by atoms with van der Waals surface area (Å²) in [4.78, 5) is 27.1. The van der Waals surface area contributed by atoms with E-state index in [1.165, 1.54) is 11.7 Å². The molecule has 2 unspecified atom stereocenters. The normalized spacial score (nSPS) is 27.2. The van der Waals surface area contributed by atoms with Crippen LogP contribution in [0.4, 0.5) is 5.82 Å².